The van der Waals surface area contributed by atoms with Gasteiger partial charge in [0.05, 0.1) is 13.2 Å². The first kappa shape index (κ1) is 20.5. The van der Waals surface area contributed by atoms with Gasteiger partial charge in [0.2, 0.25) is 0 Å². The van der Waals surface area contributed by atoms with E-state index < -0.39 is 0 Å². The van der Waals surface area contributed by atoms with Crippen molar-refractivity contribution < 1.29 is 10.2 Å². The highest BCUT2D eigenvalue weighted by molar-refractivity contribution is 5.58. The molecule has 0 aromatic heterocycles. The highest BCUT2D eigenvalue weighted by atomic mass is 16.3. The Bertz CT molecular complexity index is 647. The number of rotatable bonds is 8. The zero-order valence-electron chi connectivity index (χ0n) is 16.4. The summed E-state index contributed by atoms with van der Waals surface area (Å²) in [6, 6.07) is 8.27. The Kier molecular flexibility index (Phi) is 7.67. The second-order valence-corrected chi connectivity index (χ2v) is 7.78. The average molecular weight is 356 g/mol. The molecule has 26 heavy (non-hydrogen) atoms. The molecule has 0 radical (unpaired) electrons. The summed E-state index contributed by atoms with van der Waals surface area (Å²) < 4.78 is 0. The third-order valence-corrected chi connectivity index (χ3v) is 4.69. The molecular formula is C23H33NO2. The number of benzene rings is 1. The van der Waals surface area contributed by atoms with Crippen LogP contribution < -0.4 is 4.90 Å². The maximum atomic E-state index is 9.16. The Morgan fingerprint density at radius 2 is 1.65 bits per heavy atom. The summed E-state index contributed by atoms with van der Waals surface area (Å²) in [6.45, 7) is 8.09. The Hall–Kier alpha value is -1.84. The molecule has 0 amide bonds. The molecule has 0 saturated heterocycles. The number of allylic oxidation sites excluding steroid dienone is 5. The molecule has 0 heterocycles. The van der Waals surface area contributed by atoms with Gasteiger partial charge in [-0.1, -0.05) is 62.8 Å². The molecule has 1 aliphatic carbocycles. The molecule has 1 aliphatic rings. The molecule has 3 nitrogen and oxygen atoms in total. The summed E-state index contributed by atoms with van der Waals surface area (Å²) in [5.74, 6) is 0. The Morgan fingerprint density at radius 1 is 1.00 bits per heavy atom. The van der Waals surface area contributed by atoms with Crippen LogP contribution in [0.5, 0.6) is 0 Å². The van der Waals surface area contributed by atoms with E-state index in [4.69, 9.17) is 10.2 Å². The molecule has 0 atom stereocenters. The summed E-state index contributed by atoms with van der Waals surface area (Å²) in [7, 11) is 0. The molecule has 0 aliphatic heterocycles. The van der Waals surface area contributed by atoms with Crippen molar-refractivity contribution >= 4 is 11.8 Å². The van der Waals surface area contributed by atoms with Crippen molar-refractivity contribution in [1.82, 2.24) is 0 Å². The van der Waals surface area contributed by atoms with E-state index in [0.29, 0.717) is 18.5 Å². The lowest BCUT2D eigenvalue weighted by Gasteiger charge is -2.30. The quantitative estimate of drug-likeness (QED) is 0.718. The van der Waals surface area contributed by atoms with Gasteiger partial charge in [-0.3, -0.25) is 0 Å². The molecular weight excluding hydrogens is 322 g/mol. The number of aliphatic hydroxyl groups is 2. The van der Waals surface area contributed by atoms with Crippen molar-refractivity contribution in [2.45, 2.75) is 40.0 Å². The van der Waals surface area contributed by atoms with E-state index in [2.05, 4.69) is 57.2 Å². The highest BCUT2D eigenvalue weighted by Gasteiger charge is 2.24. The van der Waals surface area contributed by atoms with E-state index in [1.165, 1.54) is 11.1 Å². The van der Waals surface area contributed by atoms with Crippen molar-refractivity contribution in [1.29, 1.82) is 0 Å². The Balaban J connectivity index is 2.11. The highest BCUT2D eigenvalue weighted by Crippen LogP contribution is 2.38. The van der Waals surface area contributed by atoms with Gasteiger partial charge in [0.1, 0.15) is 0 Å². The lowest BCUT2D eigenvalue weighted by molar-refractivity contribution is 0.281. The molecule has 142 valence electrons. The summed E-state index contributed by atoms with van der Waals surface area (Å²) in [5.41, 5.74) is 5.33. The van der Waals surface area contributed by atoms with Crippen LogP contribution in [0.25, 0.3) is 6.08 Å². The predicted molar refractivity (Wildman–Crippen MR) is 111 cm³/mol. The summed E-state index contributed by atoms with van der Waals surface area (Å²) in [5, 5.41) is 18.3. The minimum atomic E-state index is 0.0825. The molecule has 3 heteroatoms. The van der Waals surface area contributed by atoms with E-state index in [9.17, 15) is 0 Å². The molecule has 2 N–H and O–H groups in total. The van der Waals surface area contributed by atoms with Gasteiger partial charge in [0.25, 0.3) is 0 Å². The number of nitrogens with zero attached hydrogens (tertiary/aromatic N) is 1. The standard InChI is InChI=1S/C23H33NO2/c1-4-5-20-16-21(18-23(2,3)17-20)7-6-19-8-10-22(11-9-19)24(12-14-25)13-15-26/h5-11,16,25-26H,4,12-15,17-18H2,1-3H3. The number of hydrogen-bond acceptors (Lipinski definition) is 3. The van der Waals surface area contributed by atoms with Crippen LogP contribution in [0, 0.1) is 5.41 Å². The number of hydrogen-bond donors (Lipinski definition) is 2. The first-order valence-electron chi connectivity index (χ1n) is 9.62. The van der Waals surface area contributed by atoms with Crippen molar-refractivity contribution in [2.24, 2.45) is 5.41 Å². The van der Waals surface area contributed by atoms with Crippen LogP contribution in [0.15, 0.2) is 53.6 Å². The van der Waals surface area contributed by atoms with Crippen LogP contribution in [0.4, 0.5) is 5.69 Å². The third-order valence-electron chi connectivity index (χ3n) is 4.69. The van der Waals surface area contributed by atoms with Crippen molar-refractivity contribution in [2.75, 3.05) is 31.2 Å². The van der Waals surface area contributed by atoms with Crippen LogP contribution in [-0.2, 0) is 0 Å². The second kappa shape index (κ2) is 9.75. The first-order valence-corrected chi connectivity index (χ1v) is 9.62. The largest absolute Gasteiger partial charge is 0.395 e. The lowest BCUT2D eigenvalue weighted by atomic mass is 9.75. The maximum absolute atomic E-state index is 9.16. The van der Waals surface area contributed by atoms with Gasteiger partial charge >= 0.3 is 0 Å². The SMILES string of the molecule is CCC=C1C=C(C=Cc2ccc(N(CCO)CCO)cc2)CC(C)(C)C1. The monoisotopic (exact) mass is 355 g/mol. The maximum Gasteiger partial charge on any atom is 0.0606 e. The predicted octanol–water partition coefficient (Wildman–Crippen LogP) is 4.57. The van der Waals surface area contributed by atoms with Crippen LogP contribution in [-0.4, -0.2) is 36.5 Å². The molecule has 1 aromatic carbocycles. The minimum absolute atomic E-state index is 0.0825. The molecule has 0 saturated carbocycles. The van der Waals surface area contributed by atoms with Gasteiger partial charge in [0.15, 0.2) is 0 Å². The first-order chi connectivity index (χ1) is 12.5. The summed E-state index contributed by atoms with van der Waals surface area (Å²) in [6.07, 6.45) is 12.4. The second-order valence-electron chi connectivity index (χ2n) is 7.78. The topological polar surface area (TPSA) is 43.7 Å². The van der Waals surface area contributed by atoms with Crippen LogP contribution in [0.2, 0.25) is 0 Å². The fourth-order valence-electron chi connectivity index (χ4n) is 3.62. The zero-order chi connectivity index (χ0) is 19.0. The zero-order valence-corrected chi connectivity index (χ0v) is 16.4. The van der Waals surface area contributed by atoms with Gasteiger partial charge < -0.3 is 15.1 Å². The molecule has 0 fully saturated rings. The van der Waals surface area contributed by atoms with Crippen molar-refractivity contribution in [3.05, 3.63) is 59.2 Å². The molecule has 2 rings (SSSR count). The van der Waals surface area contributed by atoms with Crippen LogP contribution in [0.1, 0.15) is 45.6 Å². The third kappa shape index (κ3) is 6.15. The van der Waals surface area contributed by atoms with Gasteiger partial charge in [-0.2, -0.15) is 0 Å². The summed E-state index contributed by atoms with van der Waals surface area (Å²) >= 11 is 0. The van der Waals surface area contributed by atoms with Crippen LogP contribution >= 0.6 is 0 Å². The smallest absolute Gasteiger partial charge is 0.0606 e. The fraction of sp³-hybridized carbons (Fsp3) is 0.478. The van der Waals surface area contributed by atoms with Crippen LogP contribution in [0.3, 0.4) is 0 Å². The Labute approximate surface area is 158 Å². The van der Waals surface area contributed by atoms with Crippen molar-refractivity contribution in [3.63, 3.8) is 0 Å². The minimum Gasteiger partial charge on any atom is -0.395 e. The average Bonchev–Trinajstić information content (AvgIpc) is 2.59. The summed E-state index contributed by atoms with van der Waals surface area (Å²) in [4.78, 5) is 1.99. The fourth-order valence-corrected chi connectivity index (χ4v) is 3.62. The van der Waals surface area contributed by atoms with Crippen molar-refractivity contribution in [3.8, 4) is 0 Å². The number of aliphatic hydroxyl groups excluding tert-OH is 2. The van der Waals surface area contributed by atoms with Gasteiger partial charge in [0, 0.05) is 18.8 Å². The van der Waals surface area contributed by atoms with E-state index in [-0.39, 0.29) is 13.2 Å². The Morgan fingerprint density at radius 3 is 2.23 bits per heavy atom. The van der Waals surface area contributed by atoms with Gasteiger partial charge in [-0.15, -0.1) is 0 Å². The van der Waals surface area contributed by atoms with Gasteiger partial charge in [-0.25, -0.2) is 0 Å². The molecule has 0 spiro atoms. The van der Waals surface area contributed by atoms with E-state index in [1.807, 2.05) is 17.0 Å². The number of anilines is 1. The molecule has 0 bridgehead atoms. The molecule has 1 aromatic rings. The van der Waals surface area contributed by atoms with E-state index >= 15 is 0 Å². The molecule has 0 unspecified atom stereocenters. The lowest BCUT2D eigenvalue weighted by Crippen LogP contribution is -2.29. The van der Waals surface area contributed by atoms with Gasteiger partial charge in [-0.05, 0) is 47.9 Å². The van der Waals surface area contributed by atoms with E-state index in [1.54, 1.807) is 0 Å². The van der Waals surface area contributed by atoms with E-state index in [0.717, 1.165) is 30.5 Å². The normalized spacial score (nSPS) is 18.3.